The lowest BCUT2D eigenvalue weighted by Crippen LogP contribution is -0.950. The van der Waals surface area contributed by atoms with Crippen LogP contribution in [0.1, 0.15) is 0 Å². The molecule has 0 aromatic carbocycles. The van der Waals surface area contributed by atoms with Gasteiger partial charge in [0.05, 0.1) is 0 Å². The van der Waals surface area contributed by atoms with Crippen molar-refractivity contribution in [1.82, 2.24) is 6.15 Å². The van der Waals surface area contributed by atoms with Crippen LogP contribution in [0.2, 0.25) is 0 Å². The fourth-order valence-corrected chi connectivity index (χ4v) is 0. The minimum atomic E-state index is 0. The number of nitroso groups, excluding NO2 is 1. The minimum Gasteiger partial charge on any atom is -0.344 e. The zero-order valence-corrected chi connectivity index (χ0v) is 2.90. The summed E-state index contributed by atoms with van der Waals surface area (Å²) in [7, 11) is 0. The fourth-order valence-electron chi connectivity index (χ4n) is 0. The van der Waals surface area contributed by atoms with Gasteiger partial charge in [-0.25, -0.2) is 0 Å². The molecule has 0 amide bonds. The lowest BCUT2D eigenvalue weighted by Gasteiger charge is -1.25. The summed E-state index contributed by atoms with van der Waals surface area (Å²) in [5.41, 5.74) is 0. The van der Waals surface area contributed by atoms with E-state index in [2.05, 4.69) is 12.8 Å². The van der Waals surface area contributed by atoms with Crippen LogP contribution in [0, 0.1) is 4.91 Å². The van der Waals surface area contributed by atoms with Crippen LogP contribution in [0.5, 0.6) is 0 Å². The third-order valence-corrected chi connectivity index (χ3v) is 0. The van der Waals surface area contributed by atoms with Gasteiger partial charge in [-0.2, -0.15) is 0 Å². The molecule has 0 aliphatic carbocycles. The topological polar surface area (TPSA) is 64.4 Å². The van der Waals surface area contributed by atoms with Crippen molar-refractivity contribution in [2.45, 2.75) is 0 Å². The van der Waals surface area contributed by atoms with Crippen LogP contribution in [0.4, 0.5) is 0 Å². The van der Waals surface area contributed by atoms with Gasteiger partial charge in [-0.1, -0.05) is 0 Å². The van der Waals surface area contributed by atoms with Crippen LogP contribution in [-0.4, -0.2) is 0 Å². The van der Waals surface area contributed by atoms with E-state index in [0.29, 0.717) is 0 Å². The number of thiol groups is 1. The molecule has 3 N–H and O–H groups in total. The molecule has 4 heavy (non-hydrogen) atoms. The number of hydrogen-bond acceptors (Lipinski definition) is 3. The highest BCUT2D eigenvalue weighted by Gasteiger charge is 1.21. The summed E-state index contributed by atoms with van der Waals surface area (Å²) in [5.74, 6) is 0. The van der Waals surface area contributed by atoms with Gasteiger partial charge in [-0.15, -0.1) is 4.91 Å². The molecule has 0 aliphatic rings. The third kappa shape index (κ3) is 195. The van der Waals surface area contributed by atoms with Crippen molar-refractivity contribution in [3.63, 3.8) is 0 Å². The van der Waals surface area contributed by atoms with Gasteiger partial charge >= 0.3 is 0 Å². The first kappa shape index (κ1) is 9.08. The molecule has 0 fully saturated rings. The van der Waals surface area contributed by atoms with Gasteiger partial charge in [0.25, 0.3) is 0 Å². The molecule has 0 heterocycles. The zero-order chi connectivity index (χ0) is 2.71. The van der Waals surface area contributed by atoms with Gasteiger partial charge in [0.2, 0.25) is 0 Å². The average molecular weight is 80.1 g/mol. The molecular weight excluding hydrogens is 76.1 g/mol. The number of nitrogens with zero attached hydrogens (tertiary/aromatic N) is 1. The molecule has 0 saturated heterocycles. The quantitative estimate of drug-likeness (QED) is 0.333. The first-order valence-electron chi connectivity index (χ1n) is 0.383. The molecule has 4 heteroatoms. The monoisotopic (exact) mass is 80.0 g/mol. The van der Waals surface area contributed by atoms with Gasteiger partial charge in [0.1, 0.15) is 0 Å². The van der Waals surface area contributed by atoms with E-state index in [1.807, 2.05) is 4.58 Å². The summed E-state index contributed by atoms with van der Waals surface area (Å²) in [6.07, 6.45) is 0. The molecule has 0 aliphatic heterocycles. The van der Waals surface area contributed by atoms with Gasteiger partial charge in [0, 0.05) is 17.4 Å². The average Bonchev–Trinajstić information content (AvgIpc) is 0.918. The normalized spacial score (nSPS) is 3.25. The minimum absolute atomic E-state index is 0. The van der Waals surface area contributed by atoms with E-state index < -0.39 is 0 Å². The van der Waals surface area contributed by atoms with Gasteiger partial charge in [-0.05, 0) is 0 Å². The predicted molar refractivity (Wildman–Crippen MR) is 19.8 cm³/mol. The number of rotatable bonds is 0. The Labute approximate surface area is 29.5 Å². The highest BCUT2D eigenvalue weighted by molar-refractivity contribution is 7.78. The first-order chi connectivity index (χ1) is 1.41. The molecular formula is H4N2OS. The summed E-state index contributed by atoms with van der Waals surface area (Å²) in [6, 6.07) is 0. The van der Waals surface area contributed by atoms with E-state index >= 15 is 0 Å². The lowest BCUT2D eigenvalue weighted by molar-refractivity contribution is 1.91. The Kier molecular flexibility index (Phi) is 29.1. The van der Waals surface area contributed by atoms with Gasteiger partial charge in [0.15, 0.2) is 0 Å². The van der Waals surface area contributed by atoms with Crippen LogP contribution >= 0.6 is 12.8 Å². The van der Waals surface area contributed by atoms with Crippen molar-refractivity contribution in [2.75, 3.05) is 0 Å². The second-order valence-electron chi connectivity index (χ2n) is 0.0816. The highest BCUT2D eigenvalue weighted by Crippen LogP contribution is 1.58. The van der Waals surface area contributed by atoms with Crippen LogP contribution in [0.3, 0.4) is 0 Å². The molecule has 0 bridgehead atoms. The summed E-state index contributed by atoms with van der Waals surface area (Å²) in [5, 5.41) is 0. The smallest absolute Gasteiger partial charge is 0.00369 e. The second-order valence-corrected chi connectivity index (χ2v) is 0.245. The Morgan fingerprint density at radius 1 is 1.75 bits per heavy atom. The summed E-state index contributed by atoms with van der Waals surface area (Å²) < 4.78 is 1.94. The molecule has 3 nitrogen and oxygen atoms in total. The van der Waals surface area contributed by atoms with Crippen molar-refractivity contribution in [3.8, 4) is 0 Å². The molecule has 0 unspecified atom stereocenters. The van der Waals surface area contributed by atoms with E-state index in [4.69, 9.17) is 4.91 Å². The Balaban J connectivity index is 0. The Morgan fingerprint density at radius 3 is 1.75 bits per heavy atom. The maximum atomic E-state index is 8.42. The molecule has 0 aromatic heterocycles. The summed E-state index contributed by atoms with van der Waals surface area (Å²) in [6.45, 7) is 0. The Morgan fingerprint density at radius 2 is 1.75 bits per heavy atom. The Hall–Kier alpha value is -0.0900. The molecule has 0 spiro atoms. The van der Waals surface area contributed by atoms with E-state index in [0.717, 1.165) is 0 Å². The zero-order valence-electron chi connectivity index (χ0n) is 2.01. The van der Waals surface area contributed by atoms with Crippen molar-refractivity contribution < 1.29 is 0 Å². The standard InChI is InChI=1S/HNOS.H3N/c2-1-3;/h(H,2,3);1H3. The van der Waals surface area contributed by atoms with E-state index in [-0.39, 0.29) is 6.15 Å². The molecule has 0 radical (unpaired) electrons. The van der Waals surface area contributed by atoms with Crippen molar-refractivity contribution in [3.05, 3.63) is 4.91 Å². The van der Waals surface area contributed by atoms with Crippen molar-refractivity contribution in [2.24, 2.45) is 4.58 Å². The molecule has 0 atom stereocenters. The maximum absolute atomic E-state index is 8.42. The van der Waals surface area contributed by atoms with Crippen LogP contribution in [-0.2, 0) is 0 Å². The van der Waals surface area contributed by atoms with Crippen LogP contribution < -0.4 is 6.15 Å². The molecule has 26 valence electrons. The highest BCUT2D eigenvalue weighted by atomic mass is 32.1. The molecule has 0 rings (SSSR count). The molecule has 0 saturated carbocycles. The lowest BCUT2D eigenvalue weighted by atomic mass is 13.7. The van der Waals surface area contributed by atoms with E-state index in [1.54, 1.807) is 0 Å². The predicted octanol–water partition coefficient (Wildman–Crippen LogP) is 0.760. The fraction of sp³-hybridized carbons (Fsp3) is 0. The first-order valence-corrected chi connectivity index (χ1v) is 0.783. The van der Waals surface area contributed by atoms with Crippen molar-refractivity contribution >= 4 is 12.8 Å². The van der Waals surface area contributed by atoms with Gasteiger partial charge < -0.3 is 6.15 Å². The second kappa shape index (κ2) is 12.8. The van der Waals surface area contributed by atoms with Crippen LogP contribution in [0.25, 0.3) is 0 Å². The van der Waals surface area contributed by atoms with E-state index in [1.165, 1.54) is 0 Å². The molecule has 0 aromatic rings. The SMILES string of the molecule is N.O=NS. The van der Waals surface area contributed by atoms with E-state index in [9.17, 15) is 0 Å². The van der Waals surface area contributed by atoms with Crippen LogP contribution in [0.15, 0.2) is 4.58 Å². The third-order valence-electron chi connectivity index (χ3n) is 0. The maximum Gasteiger partial charge on any atom is 0.00369 e. The summed E-state index contributed by atoms with van der Waals surface area (Å²) in [4.78, 5) is 8.42. The largest absolute Gasteiger partial charge is 0.344 e. The summed E-state index contributed by atoms with van der Waals surface area (Å²) >= 11 is 2.86. The van der Waals surface area contributed by atoms with Gasteiger partial charge in [-0.3, -0.25) is 0 Å². The Bertz CT molecular complexity index is 13.5. The number of hydrogen-bond donors (Lipinski definition) is 2. The van der Waals surface area contributed by atoms with Crippen molar-refractivity contribution in [1.29, 1.82) is 0 Å².